The first-order valence-electron chi connectivity index (χ1n) is 5.77. The maximum atomic E-state index is 12.0. The average Bonchev–Trinajstić information content (AvgIpc) is 2.71. The van der Waals surface area contributed by atoms with Crippen LogP contribution in [0.15, 0.2) is 22.7 Å². The second kappa shape index (κ2) is 5.19. The molecule has 0 bridgehead atoms. The third kappa shape index (κ3) is 2.69. The summed E-state index contributed by atoms with van der Waals surface area (Å²) >= 11 is 3.48. The molecule has 3 nitrogen and oxygen atoms in total. The highest BCUT2D eigenvalue weighted by molar-refractivity contribution is 9.10. The molecule has 0 radical (unpaired) electrons. The maximum absolute atomic E-state index is 12.0. The lowest BCUT2D eigenvalue weighted by molar-refractivity contribution is -0.126. The van der Waals surface area contributed by atoms with E-state index in [-0.39, 0.29) is 12.0 Å². The molecule has 1 aromatic rings. The van der Waals surface area contributed by atoms with E-state index in [2.05, 4.69) is 21.2 Å². The fraction of sp³-hybridized carbons (Fsp3) is 0.462. The van der Waals surface area contributed by atoms with Crippen LogP contribution >= 0.6 is 15.9 Å². The molecule has 2 rings (SSSR count). The Morgan fingerprint density at radius 1 is 1.53 bits per heavy atom. The lowest BCUT2D eigenvalue weighted by atomic mass is 10.0. The Balaban J connectivity index is 2.10. The van der Waals surface area contributed by atoms with E-state index < -0.39 is 0 Å². The average molecular weight is 298 g/mol. The molecular formula is C13H16BrNO2. The highest BCUT2D eigenvalue weighted by Gasteiger charge is 2.31. The van der Waals surface area contributed by atoms with Crippen molar-refractivity contribution in [3.8, 4) is 0 Å². The molecule has 1 aliphatic heterocycles. The van der Waals surface area contributed by atoms with Crippen molar-refractivity contribution in [3.63, 3.8) is 0 Å². The molecular weight excluding hydrogens is 282 g/mol. The second-order valence-corrected chi connectivity index (χ2v) is 5.28. The number of hydrogen-bond donors (Lipinski definition) is 1. The van der Waals surface area contributed by atoms with Gasteiger partial charge in [-0.3, -0.25) is 4.79 Å². The van der Waals surface area contributed by atoms with Crippen molar-refractivity contribution >= 4 is 27.5 Å². The van der Waals surface area contributed by atoms with Crippen LogP contribution in [-0.2, 0) is 9.53 Å². The van der Waals surface area contributed by atoms with Gasteiger partial charge in [-0.2, -0.15) is 0 Å². The molecule has 1 saturated heterocycles. The molecule has 92 valence electrons. The van der Waals surface area contributed by atoms with Crippen LogP contribution in [0.5, 0.6) is 0 Å². The van der Waals surface area contributed by atoms with Gasteiger partial charge in [0.15, 0.2) is 0 Å². The fourth-order valence-electron chi connectivity index (χ4n) is 1.98. The van der Waals surface area contributed by atoms with Crippen LogP contribution in [0.2, 0.25) is 0 Å². The van der Waals surface area contributed by atoms with Gasteiger partial charge >= 0.3 is 0 Å². The van der Waals surface area contributed by atoms with Crippen molar-refractivity contribution in [2.24, 2.45) is 5.92 Å². The largest absolute Gasteiger partial charge is 0.368 e. The summed E-state index contributed by atoms with van der Waals surface area (Å²) in [5, 5.41) is 2.91. The molecule has 0 aromatic heterocycles. The summed E-state index contributed by atoms with van der Waals surface area (Å²) in [6, 6.07) is 5.80. The maximum Gasteiger partial charge on any atom is 0.253 e. The van der Waals surface area contributed by atoms with Gasteiger partial charge in [0.1, 0.15) is 6.10 Å². The number of carbonyl (C=O) groups excluding carboxylic acids is 1. The Morgan fingerprint density at radius 2 is 2.29 bits per heavy atom. The van der Waals surface area contributed by atoms with Gasteiger partial charge in [0.05, 0.1) is 5.69 Å². The lowest BCUT2D eigenvalue weighted by Gasteiger charge is -2.15. The van der Waals surface area contributed by atoms with E-state index in [0.717, 1.165) is 22.1 Å². The molecule has 0 aliphatic carbocycles. The van der Waals surface area contributed by atoms with Crippen LogP contribution in [0, 0.1) is 12.8 Å². The SMILES string of the molecule is Cc1cccc(NC(=O)C2OCCC2C)c1Br. The minimum Gasteiger partial charge on any atom is -0.368 e. The van der Waals surface area contributed by atoms with Crippen molar-refractivity contribution in [1.82, 2.24) is 0 Å². The first-order valence-corrected chi connectivity index (χ1v) is 6.56. The van der Waals surface area contributed by atoms with Crippen LogP contribution in [0.25, 0.3) is 0 Å². The van der Waals surface area contributed by atoms with Crippen molar-refractivity contribution in [2.75, 3.05) is 11.9 Å². The monoisotopic (exact) mass is 297 g/mol. The number of hydrogen-bond acceptors (Lipinski definition) is 2. The zero-order chi connectivity index (χ0) is 12.4. The topological polar surface area (TPSA) is 38.3 Å². The van der Waals surface area contributed by atoms with Gasteiger partial charge in [-0.25, -0.2) is 0 Å². The third-order valence-corrected chi connectivity index (χ3v) is 4.15. The summed E-state index contributed by atoms with van der Waals surface area (Å²) in [7, 11) is 0. The van der Waals surface area contributed by atoms with Crippen molar-refractivity contribution in [2.45, 2.75) is 26.4 Å². The van der Waals surface area contributed by atoms with E-state index in [1.165, 1.54) is 0 Å². The molecule has 1 aliphatic rings. The Hall–Kier alpha value is -0.870. The molecule has 1 N–H and O–H groups in total. The summed E-state index contributed by atoms with van der Waals surface area (Å²) in [6.45, 7) is 4.71. The number of rotatable bonds is 2. The highest BCUT2D eigenvalue weighted by atomic mass is 79.9. The summed E-state index contributed by atoms with van der Waals surface area (Å²) < 4.78 is 6.37. The van der Waals surface area contributed by atoms with E-state index in [1.54, 1.807) is 0 Å². The molecule has 0 spiro atoms. The van der Waals surface area contributed by atoms with E-state index >= 15 is 0 Å². The number of benzene rings is 1. The molecule has 1 heterocycles. The van der Waals surface area contributed by atoms with Gasteiger partial charge in [0.25, 0.3) is 5.91 Å². The second-order valence-electron chi connectivity index (χ2n) is 4.48. The minimum absolute atomic E-state index is 0.0544. The predicted octanol–water partition coefficient (Wildman–Crippen LogP) is 3.12. The number of nitrogens with one attached hydrogen (secondary N) is 1. The minimum atomic E-state index is -0.317. The number of carbonyl (C=O) groups is 1. The van der Waals surface area contributed by atoms with Gasteiger partial charge in [-0.1, -0.05) is 19.1 Å². The molecule has 4 heteroatoms. The Labute approximate surface area is 110 Å². The molecule has 2 unspecified atom stereocenters. The zero-order valence-electron chi connectivity index (χ0n) is 10.00. The summed E-state index contributed by atoms with van der Waals surface area (Å²) in [6.07, 6.45) is 0.634. The Morgan fingerprint density at radius 3 is 2.94 bits per heavy atom. The van der Waals surface area contributed by atoms with Crippen molar-refractivity contribution in [3.05, 3.63) is 28.2 Å². The van der Waals surface area contributed by atoms with Gasteiger partial charge in [0, 0.05) is 11.1 Å². The third-order valence-electron chi connectivity index (χ3n) is 3.10. The fourth-order valence-corrected chi connectivity index (χ4v) is 2.34. The zero-order valence-corrected chi connectivity index (χ0v) is 11.6. The lowest BCUT2D eigenvalue weighted by Crippen LogP contribution is -2.31. The Bertz CT molecular complexity index is 433. The van der Waals surface area contributed by atoms with Crippen LogP contribution < -0.4 is 5.32 Å². The van der Waals surface area contributed by atoms with E-state index in [0.29, 0.717) is 12.5 Å². The Kier molecular flexibility index (Phi) is 3.84. The molecule has 1 amide bonds. The summed E-state index contributed by atoms with van der Waals surface area (Å²) in [5.74, 6) is 0.236. The molecule has 0 saturated carbocycles. The van der Waals surface area contributed by atoms with Gasteiger partial charge < -0.3 is 10.1 Å². The van der Waals surface area contributed by atoms with Crippen molar-refractivity contribution in [1.29, 1.82) is 0 Å². The van der Waals surface area contributed by atoms with Gasteiger partial charge in [-0.15, -0.1) is 0 Å². The van der Waals surface area contributed by atoms with E-state index in [9.17, 15) is 4.79 Å². The highest BCUT2D eigenvalue weighted by Crippen LogP contribution is 2.27. The van der Waals surface area contributed by atoms with Gasteiger partial charge in [0.2, 0.25) is 0 Å². The van der Waals surface area contributed by atoms with Crippen LogP contribution in [-0.4, -0.2) is 18.6 Å². The first-order chi connectivity index (χ1) is 8.09. The molecule has 17 heavy (non-hydrogen) atoms. The number of ether oxygens (including phenoxy) is 1. The first kappa shape index (κ1) is 12.6. The summed E-state index contributed by atoms with van der Waals surface area (Å²) in [4.78, 5) is 12.0. The van der Waals surface area contributed by atoms with Crippen LogP contribution in [0.1, 0.15) is 18.9 Å². The van der Waals surface area contributed by atoms with Crippen LogP contribution in [0.4, 0.5) is 5.69 Å². The molecule has 1 aromatic carbocycles. The number of halogens is 1. The van der Waals surface area contributed by atoms with E-state index in [1.807, 2.05) is 32.0 Å². The van der Waals surface area contributed by atoms with Crippen LogP contribution in [0.3, 0.4) is 0 Å². The smallest absolute Gasteiger partial charge is 0.253 e. The number of amides is 1. The molecule has 2 atom stereocenters. The summed E-state index contributed by atoms with van der Waals surface area (Å²) in [5.41, 5.74) is 1.90. The number of anilines is 1. The predicted molar refractivity (Wildman–Crippen MR) is 71.0 cm³/mol. The van der Waals surface area contributed by atoms with Crippen molar-refractivity contribution < 1.29 is 9.53 Å². The number of aryl methyl sites for hydroxylation is 1. The normalized spacial score (nSPS) is 23.7. The van der Waals surface area contributed by atoms with Gasteiger partial charge in [-0.05, 0) is 46.8 Å². The van der Waals surface area contributed by atoms with E-state index in [4.69, 9.17) is 4.74 Å². The quantitative estimate of drug-likeness (QED) is 0.911. The standard InChI is InChI=1S/C13H16BrNO2/c1-8-4-3-5-10(11(8)14)15-13(16)12-9(2)6-7-17-12/h3-5,9,12H,6-7H2,1-2H3,(H,15,16). The molecule has 1 fully saturated rings.